The Labute approximate surface area is 194 Å². The van der Waals surface area contributed by atoms with Crippen LogP contribution in [0.25, 0.3) is 0 Å². The van der Waals surface area contributed by atoms with Crippen LogP contribution < -0.4 is 10.2 Å². The van der Waals surface area contributed by atoms with Gasteiger partial charge in [0, 0.05) is 50.5 Å². The van der Waals surface area contributed by atoms with E-state index in [1.54, 1.807) is 24.3 Å². The van der Waals surface area contributed by atoms with Gasteiger partial charge in [-0.05, 0) is 50.6 Å². The molecule has 2 aromatic rings. The molecule has 1 heterocycles. The minimum atomic E-state index is -1.10. The topological polar surface area (TPSA) is 93.2 Å². The second kappa shape index (κ2) is 11.0. The molecule has 0 aliphatic carbocycles. The van der Waals surface area contributed by atoms with Gasteiger partial charge < -0.3 is 20.2 Å². The fourth-order valence-electron chi connectivity index (χ4n) is 4.06. The lowest BCUT2D eigenvalue weighted by atomic mass is 10.1. The largest absolute Gasteiger partial charge is 0.478 e. The summed E-state index contributed by atoms with van der Waals surface area (Å²) in [6.45, 7) is 10.4. The van der Waals surface area contributed by atoms with Gasteiger partial charge in [-0.15, -0.1) is 0 Å². The zero-order valence-electron chi connectivity index (χ0n) is 19.5. The fraction of sp³-hybridized carbons (Fsp3) is 0.400. The summed E-state index contributed by atoms with van der Waals surface area (Å²) < 4.78 is 0. The molecule has 8 nitrogen and oxygen atoms in total. The van der Waals surface area contributed by atoms with E-state index in [0.717, 1.165) is 24.3 Å². The van der Waals surface area contributed by atoms with Gasteiger partial charge in [0.25, 0.3) is 5.91 Å². The lowest BCUT2D eigenvalue weighted by Crippen LogP contribution is -2.50. The highest BCUT2D eigenvalue weighted by Gasteiger charge is 2.23. The first-order valence-corrected chi connectivity index (χ1v) is 11.3. The molecule has 0 bridgehead atoms. The zero-order valence-corrected chi connectivity index (χ0v) is 19.5. The Morgan fingerprint density at radius 2 is 1.64 bits per heavy atom. The van der Waals surface area contributed by atoms with E-state index in [-0.39, 0.29) is 23.1 Å². The smallest absolute Gasteiger partial charge is 0.337 e. The van der Waals surface area contributed by atoms with Crippen molar-refractivity contribution < 1.29 is 19.5 Å². The van der Waals surface area contributed by atoms with Crippen molar-refractivity contribution in [3.8, 4) is 0 Å². The van der Waals surface area contributed by atoms with Crippen molar-refractivity contribution in [1.29, 1.82) is 0 Å². The van der Waals surface area contributed by atoms with E-state index in [4.69, 9.17) is 0 Å². The summed E-state index contributed by atoms with van der Waals surface area (Å²) in [6.07, 6.45) is 0. The van der Waals surface area contributed by atoms with Gasteiger partial charge in [0.05, 0.1) is 17.8 Å². The monoisotopic (exact) mass is 452 g/mol. The molecule has 1 aliphatic rings. The number of anilines is 2. The number of rotatable bonds is 8. The van der Waals surface area contributed by atoms with Gasteiger partial charge in [0.1, 0.15) is 0 Å². The lowest BCUT2D eigenvalue weighted by Gasteiger charge is -2.36. The quantitative estimate of drug-likeness (QED) is 0.640. The molecule has 1 aliphatic heterocycles. The predicted octanol–water partition coefficient (Wildman–Crippen LogP) is 2.94. The van der Waals surface area contributed by atoms with Crippen molar-refractivity contribution >= 4 is 29.2 Å². The highest BCUT2D eigenvalue weighted by Crippen LogP contribution is 2.25. The van der Waals surface area contributed by atoms with Gasteiger partial charge in [-0.2, -0.15) is 0 Å². The Morgan fingerprint density at radius 1 is 0.970 bits per heavy atom. The first-order chi connectivity index (χ1) is 15.8. The number of hydrogen-bond acceptors (Lipinski definition) is 5. The average molecular weight is 453 g/mol. The third kappa shape index (κ3) is 5.90. The third-order valence-corrected chi connectivity index (χ3v) is 6.08. The van der Waals surface area contributed by atoms with Crippen molar-refractivity contribution in [3.63, 3.8) is 0 Å². The normalized spacial score (nSPS) is 14.1. The summed E-state index contributed by atoms with van der Waals surface area (Å²) in [7, 11) is 0. The number of aryl methyl sites for hydroxylation is 1. The summed E-state index contributed by atoms with van der Waals surface area (Å²) >= 11 is 0. The molecule has 1 saturated heterocycles. The van der Waals surface area contributed by atoms with Crippen molar-refractivity contribution in [1.82, 2.24) is 9.80 Å². The standard InChI is InChI=1S/C25H32N4O4/c1-4-28(5-2)23(30)17-27-12-14-29(15-13-27)19-10-11-22(21(16-19)25(32)33)26-24(31)20-9-7-6-8-18(20)3/h6-11,16H,4-5,12-15,17H2,1-3H3,(H,26,31)(H,32,33). The molecule has 33 heavy (non-hydrogen) atoms. The Morgan fingerprint density at radius 3 is 2.24 bits per heavy atom. The van der Waals surface area contributed by atoms with Gasteiger partial charge in [-0.3, -0.25) is 14.5 Å². The summed E-state index contributed by atoms with van der Waals surface area (Å²) in [5, 5.41) is 12.5. The molecule has 3 rings (SSSR count). The average Bonchev–Trinajstić information content (AvgIpc) is 2.80. The molecule has 0 saturated carbocycles. The van der Waals surface area contributed by atoms with E-state index < -0.39 is 5.97 Å². The molecule has 0 aromatic heterocycles. The maximum atomic E-state index is 12.7. The number of carbonyl (C=O) groups excluding carboxylic acids is 2. The first-order valence-electron chi connectivity index (χ1n) is 11.3. The number of nitrogens with one attached hydrogen (secondary N) is 1. The molecule has 0 unspecified atom stereocenters. The van der Waals surface area contributed by atoms with Gasteiger partial charge in [-0.1, -0.05) is 18.2 Å². The van der Waals surface area contributed by atoms with Crippen LogP contribution in [0.3, 0.4) is 0 Å². The van der Waals surface area contributed by atoms with Crippen LogP contribution in [0, 0.1) is 6.92 Å². The van der Waals surface area contributed by atoms with Crippen LogP contribution in [-0.4, -0.2) is 78.5 Å². The Balaban J connectivity index is 1.67. The molecule has 0 radical (unpaired) electrons. The molecular formula is C25H32N4O4. The fourth-order valence-corrected chi connectivity index (χ4v) is 4.06. The van der Waals surface area contributed by atoms with Crippen molar-refractivity contribution in [2.45, 2.75) is 20.8 Å². The number of carbonyl (C=O) groups is 3. The second-order valence-electron chi connectivity index (χ2n) is 8.13. The summed E-state index contributed by atoms with van der Waals surface area (Å²) in [5.41, 5.74) is 2.43. The van der Waals surface area contributed by atoms with E-state index in [1.807, 2.05) is 43.9 Å². The molecule has 0 atom stereocenters. The molecule has 2 amide bonds. The summed E-state index contributed by atoms with van der Waals surface area (Å²) in [6, 6.07) is 12.3. The zero-order chi connectivity index (χ0) is 24.0. The molecular weight excluding hydrogens is 420 g/mol. The molecule has 8 heteroatoms. The number of carboxylic acids is 1. The highest BCUT2D eigenvalue weighted by molar-refractivity contribution is 6.08. The van der Waals surface area contributed by atoms with Crippen molar-refractivity contribution in [3.05, 3.63) is 59.2 Å². The number of piperazine rings is 1. The molecule has 2 N–H and O–H groups in total. The second-order valence-corrected chi connectivity index (χ2v) is 8.13. The van der Waals surface area contributed by atoms with E-state index >= 15 is 0 Å². The highest BCUT2D eigenvalue weighted by atomic mass is 16.4. The van der Waals surface area contributed by atoms with Gasteiger partial charge in [-0.25, -0.2) is 4.79 Å². The van der Waals surface area contributed by atoms with Crippen LogP contribution in [-0.2, 0) is 4.79 Å². The number of aromatic carboxylic acids is 1. The molecule has 1 fully saturated rings. The Kier molecular flexibility index (Phi) is 8.06. The van der Waals surface area contributed by atoms with E-state index in [9.17, 15) is 19.5 Å². The van der Waals surface area contributed by atoms with Crippen LogP contribution in [0.5, 0.6) is 0 Å². The van der Waals surface area contributed by atoms with Crippen molar-refractivity contribution in [2.75, 3.05) is 56.0 Å². The van der Waals surface area contributed by atoms with E-state index in [0.29, 0.717) is 38.3 Å². The predicted molar refractivity (Wildman–Crippen MR) is 129 cm³/mol. The number of amides is 2. The minimum absolute atomic E-state index is 0.0496. The van der Waals surface area contributed by atoms with Crippen LogP contribution in [0.15, 0.2) is 42.5 Å². The van der Waals surface area contributed by atoms with E-state index in [1.165, 1.54) is 0 Å². The van der Waals surface area contributed by atoms with Crippen LogP contribution >= 0.6 is 0 Å². The van der Waals surface area contributed by atoms with Crippen molar-refractivity contribution in [2.24, 2.45) is 0 Å². The Bertz CT molecular complexity index is 1010. The van der Waals surface area contributed by atoms with Gasteiger partial charge >= 0.3 is 5.97 Å². The SMILES string of the molecule is CCN(CC)C(=O)CN1CCN(c2ccc(NC(=O)c3ccccc3C)c(C(=O)O)c2)CC1. The summed E-state index contributed by atoms with van der Waals surface area (Å²) in [4.78, 5) is 43.0. The maximum absolute atomic E-state index is 12.7. The summed E-state index contributed by atoms with van der Waals surface area (Å²) in [5.74, 6) is -1.30. The van der Waals surface area contributed by atoms with Gasteiger partial charge in [0.2, 0.25) is 5.91 Å². The molecule has 0 spiro atoms. The molecule has 176 valence electrons. The van der Waals surface area contributed by atoms with Gasteiger partial charge in [0.15, 0.2) is 0 Å². The molecule has 2 aromatic carbocycles. The van der Waals surface area contributed by atoms with Crippen LogP contribution in [0.4, 0.5) is 11.4 Å². The lowest BCUT2D eigenvalue weighted by molar-refractivity contribution is -0.132. The number of nitrogens with zero attached hydrogens (tertiary/aromatic N) is 3. The van der Waals surface area contributed by atoms with Crippen LogP contribution in [0.1, 0.15) is 40.1 Å². The maximum Gasteiger partial charge on any atom is 0.337 e. The third-order valence-electron chi connectivity index (χ3n) is 6.08. The van der Waals surface area contributed by atoms with E-state index in [2.05, 4.69) is 15.1 Å². The number of carboxylic acid groups (broad SMARTS) is 1. The number of likely N-dealkylation sites (N-methyl/N-ethyl adjacent to an activating group) is 1. The Hall–Kier alpha value is -3.39. The van der Waals surface area contributed by atoms with Crippen LogP contribution in [0.2, 0.25) is 0 Å². The minimum Gasteiger partial charge on any atom is -0.478 e. The number of hydrogen-bond donors (Lipinski definition) is 2. The first kappa shape index (κ1) is 24.3. The number of benzene rings is 2.